The first kappa shape index (κ1) is 12.1. The summed E-state index contributed by atoms with van der Waals surface area (Å²) in [6.07, 6.45) is 4.57. The fraction of sp³-hybridized carbons (Fsp3) is 0.583. The van der Waals surface area contributed by atoms with Crippen molar-refractivity contribution in [1.29, 1.82) is 0 Å². The molecule has 88 valence electrons. The Morgan fingerprint density at radius 3 is 2.62 bits per heavy atom. The summed E-state index contributed by atoms with van der Waals surface area (Å²) in [6, 6.07) is 3.65. The summed E-state index contributed by atoms with van der Waals surface area (Å²) in [5.74, 6) is -0.0503. The number of aliphatic hydroxyl groups is 1. The van der Waals surface area contributed by atoms with Crippen LogP contribution in [0.4, 0.5) is 0 Å². The Morgan fingerprint density at radius 2 is 2.06 bits per heavy atom. The predicted molar refractivity (Wildman–Crippen MR) is 66.1 cm³/mol. The molecule has 16 heavy (non-hydrogen) atoms. The molecule has 2 nitrogen and oxygen atoms in total. The molecule has 1 fully saturated rings. The van der Waals surface area contributed by atoms with E-state index in [1.807, 2.05) is 6.07 Å². The summed E-state index contributed by atoms with van der Waals surface area (Å²) in [6.45, 7) is 0. The predicted octanol–water partition coefficient (Wildman–Crippen LogP) is 3.21. The quantitative estimate of drug-likeness (QED) is 0.904. The fourth-order valence-electron chi connectivity index (χ4n) is 2.19. The molecular weight excluding hydrogens is 244 g/mol. The third-order valence-electron chi connectivity index (χ3n) is 3.16. The minimum Gasteiger partial charge on any atom is -0.382 e. The van der Waals surface area contributed by atoms with Crippen LogP contribution in [0, 0.1) is 0 Å². The SMILES string of the molecule is O=C(Cc1ccc(Cl)s1)C1(O)CCCCC1. The van der Waals surface area contributed by atoms with Gasteiger partial charge in [-0.1, -0.05) is 30.9 Å². The van der Waals surface area contributed by atoms with Gasteiger partial charge in [0.15, 0.2) is 5.78 Å². The first-order chi connectivity index (χ1) is 7.60. The van der Waals surface area contributed by atoms with E-state index in [2.05, 4.69) is 0 Å². The maximum absolute atomic E-state index is 12.0. The number of Topliss-reactive ketones (excluding diaryl/α,β-unsaturated/α-hetero) is 1. The summed E-state index contributed by atoms with van der Waals surface area (Å²) in [5, 5.41) is 10.2. The molecule has 4 heteroatoms. The molecule has 0 saturated heterocycles. The number of rotatable bonds is 3. The van der Waals surface area contributed by atoms with Gasteiger partial charge in [-0.05, 0) is 25.0 Å². The van der Waals surface area contributed by atoms with Crippen molar-refractivity contribution in [1.82, 2.24) is 0 Å². The zero-order valence-electron chi connectivity index (χ0n) is 9.04. The molecule has 1 aliphatic rings. The Labute approximate surface area is 104 Å². The van der Waals surface area contributed by atoms with Gasteiger partial charge in [-0.2, -0.15) is 0 Å². The van der Waals surface area contributed by atoms with Crippen LogP contribution in [0.2, 0.25) is 4.34 Å². The van der Waals surface area contributed by atoms with E-state index in [-0.39, 0.29) is 5.78 Å². The Morgan fingerprint density at radius 1 is 1.38 bits per heavy atom. The maximum atomic E-state index is 12.0. The van der Waals surface area contributed by atoms with Crippen molar-refractivity contribution >= 4 is 28.7 Å². The molecule has 0 unspecified atom stereocenters. The second kappa shape index (κ2) is 4.86. The molecule has 0 bridgehead atoms. The van der Waals surface area contributed by atoms with E-state index in [0.717, 1.165) is 24.1 Å². The monoisotopic (exact) mass is 258 g/mol. The van der Waals surface area contributed by atoms with E-state index in [0.29, 0.717) is 23.6 Å². The minimum atomic E-state index is -1.07. The second-order valence-corrected chi connectivity index (χ2v) is 6.20. The van der Waals surface area contributed by atoms with E-state index < -0.39 is 5.60 Å². The first-order valence-corrected chi connectivity index (χ1v) is 6.79. The Kier molecular flexibility index (Phi) is 3.67. The maximum Gasteiger partial charge on any atom is 0.169 e. The van der Waals surface area contributed by atoms with E-state index >= 15 is 0 Å². The van der Waals surface area contributed by atoms with Gasteiger partial charge >= 0.3 is 0 Å². The second-order valence-electron chi connectivity index (χ2n) is 4.40. The lowest BCUT2D eigenvalue weighted by atomic mass is 9.80. The zero-order chi connectivity index (χ0) is 11.6. The van der Waals surface area contributed by atoms with Gasteiger partial charge in [0.05, 0.1) is 4.34 Å². The molecule has 0 spiro atoms. The Bertz CT molecular complexity index is 380. The lowest BCUT2D eigenvalue weighted by Gasteiger charge is -2.30. The van der Waals surface area contributed by atoms with E-state index in [4.69, 9.17) is 11.6 Å². The topological polar surface area (TPSA) is 37.3 Å². The molecule has 1 aromatic heterocycles. The highest BCUT2D eigenvalue weighted by molar-refractivity contribution is 7.16. The molecule has 0 radical (unpaired) electrons. The van der Waals surface area contributed by atoms with Crippen LogP contribution in [0.5, 0.6) is 0 Å². The van der Waals surface area contributed by atoms with Crippen LogP contribution in [0.25, 0.3) is 0 Å². The van der Waals surface area contributed by atoms with Gasteiger partial charge in [0, 0.05) is 11.3 Å². The normalized spacial score (nSPS) is 19.6. The van der Waals surface area contributed by atoms with Crippen LogP contribution in [0.15, 0.2) is 12.1 Å². The van der Waals surface area contributed by atoms with Gasteiger partial charge in [0.1, 0.15) is 5.60 Å². The number of hydrogen-bond acceptors (Lipinski definition) is 3. The van der Waals surface area contributed by atoms with Gasteiger partial charge < -0.3 is 5.11 Å². The lowest BCUT2D eigenvalue weighted by molar-refractivity contribution is -0.139. The van der Waals surface area contributed by atoms with Crippen molar-refractivity contribution in [3.63, 3.8) is 0 Å². The minimum absolute atomic E-state index is 0.0503. The highest BCUT2D eigenvalue weighted by Gasteiger charge is 2.36. The molecular formula is C12H15ClO2S. The highest BCUT2D eigenvalue weighted by Crippen LogP contribution is 2.31. The fourth-order valence-corrected chi connectivity index (χ4v) is 3.27. The van der Waals surface area contributed by atoms with Crippen LogP contribution in [0.3, 0.4) is 0 Å². The average Bonchev–Trinajstić information content (AvgIpc) is 2.65. The van der Waals surface area contributed by atoms with E-state index in [1.165, 1.54) is 11.3 Å². The number of ketones is 1. The molecule has 1 aliphatic carbocycles. The Balaban J connectivity index is 2.01. The molecule has 0 amide bonds. The largest absolute Gasteiger partial charge is 0.382 e. The number of thiophene rings is 1. The van der Waals surface area contributed by atoms with Crippen LogP contribution >= 0.6 is 22.9 Å². The smallest absolute Gasteiger partial charge is 0.169 e. The molecule has 2 rings (SSSR count). The third-order valence-corrected chi connectivity index (χ3v) is 4.39. The Hall–Kier alpha value is -0.380. The summed E-state index contributed by atoms with van der Waals surface area (Å²) >= 11 is 7.22. The third kappa shape index (κ3) is 2.65. The summed E-state index contributed by atoms with van der Waals surface area (Å²) < 4.78 is 0.693. The van der Waals surface area contributed by atoms with Crippen molar-refractivity contribution in [2.24, 2.45) is 0 Å². The van der Waals surface area contributed by atoms with Gasteiger partial charge in [0.2, 0.25) is 0 Å². The summed E-state index contributed by atoms with van der Waals surface area (Å²) in [5.41, 5.74) is -1.07. The zero-order valence-corrected chi connectivity index (χ0v) is 10.6. The number of hydrogen-bond donors (Lipinski definition) is 1. The molecule has 1 saturated carbocycles. The number of carbonyl (C=O) groups excluding carboxylic acids is 1. The van der Waals surface area contributed by atoms with E-state index in [1.54, 1.807) is 6.07 Å². The van der Waals surface area contributed by atoms with E-state index in [9.17, 15) is 9.90 Å². The molecule has 0 atom stereocenters. The average molecular weight is 259 g/mol. The molecule has 1 heterocycles. The van der Waals surface area contributed by atoms with Gasteiger partial charge in [-0.15, -0.1) is 11.3 Å². The van der Waals surface area contributed by atoms with Crippen molar-refractivity contribution in [2.75, 3.05) is 0 Å². The van der Waals surface area contributed by atoms with Gasteiger partial charge in [-0.3, -0.25) is 4.79 Å². The van der Waals surface area contributed by atoms with Crippen molar-refractivity contribution in [3.05, 3.63) is 21.3 Å². The highest BCUT2D eigenvalue weighted by atomic mass is 35.5. The van der Waals surface area contributed by atoms with Gasteiger partial charge in [0.25, 0.3) is 0 Å². The lowest BCUT2D eigenvalue weighted by Crippen LogP contribution is -2.41. The van der Waals surface area contributed by atoms with Crippen molar-refractivity contribution in [2.45, 2.75) is 44.1 Å². The van der Waals surface area contributed by atoms with Crippen molar-refractivity contribution < 1.29 is 9.90 Å². The number of halogens is 1. The van der Waals surface area contributed by atoms with Crippen LogP contribution in [0.1, 0.15) is 37.0 Å². The van der Waals surface area contributed by atoms with Crippen LogP contribution < -0.4 is 0 Å². The van der Waals surface area contributed by atoms with Gasteiger partial charge in [-0.25, -0.2) is 0 Å². The van der Waals surface area contributed by atoms with Crippen LogP contribution in [-0.2, 0) is 11.2 Å². The van der Waals surface area contributed by atoms with Crippen LogP contribution in [-0.4, -0.2) is 16.5 Å². The standard InChI is InChI=1S/C12H15ClO2S/c13-11-5-4-9(16-11)8-10(14)12(15)6-2-1-3-7-12/h4-5,15H,1-3,6-8H2. The molecule has 1 N–H and O–H groups in total. The summed E-state index contributed by atoms with van der Waals surface area (Å²) in [4.78, 5) is 13.0. The number of carbonyl (C=O) groups is 1. The molecule has 1 aromatic rings. The van der Waals surface area contributed by atoms with Crippen molar-refractivity contribution in [3.8, 4) is 0 Å². The first-order valence-electron chi connectivity index (χ1n) is 5.60. The summed E-state index contributed by atoms with van der Waals surface area (Å²) in [7, 11) is 0. The molecule has 0 aromatic carbocycles. The molecule has 0 aliphatic heterocycles.